The van der Waals surface area contributed by atoms with Gasteiger partial charge < -0.3 is 4.89 Å². The Labute approximate surface area is 126 Å². The van der Waals surface area contributed by atoms with E-state index in [1.807, 2.05) is 30.3 Å². The average molecular weight is 301 g/mol. The van der Waals surface area contributed by atoms with Crippen molar-refractivity contribution < 1.29 is 19.6 Å². The van der Waals surface area contributed by atoms with E-state index in [1.54, 1.807) is 12.1 Å². The topological polar surface area (TPSA) is 78.5 Å². The van der Waals surface area contributed by atoms with Crippen LogP contribution in [-0.4, -0.2) is 22.5 Å². The fourth-order valence-electron chi connectivity index (χ4n) is 1.91. The minimum Gasteiger partial charge on any atom is -0.337 e. The zero-order valence-electron chi connectivity index (χ0n) is 12.0. The summed E-state index contributed by atoms with van der Waals surface area (Å²) in [5.74, 6) is 0.615. The maximum Gasteiger partial charge on any atom is 0.165 e. The Hall–Kier alpha value is -2.48. The monoisotopic (exact) mass is 301 g/mol. The van der Waals surface area contributed by atoms with Gasteiger partial charge in [-0.1, -0.05) is 23.4 Å². The van der Waals surface area contributed by atoms with Crippen molar-refractivity contribution in [2.45, 2.75) is 13.2 Å². The van der Waals surface area contributed by atoms with Crippen molar-refractivity contribution in [3.8, 4) is 5.75 Å². The summed E-state index contributed by atoms with van der Waals surface area (Å²) in [5.41, 5.74) is 3.61. The molecule has 0 amide bonds. The van der Waals surface area contributed by atoms with Crippen molar-refractivity contribution >= 4 is 11.0 Å². The molecule has 7 nitrogen and oxygen atoms in total. The lowest BCUT2D eigenvalue weighted by Gasteiger charge is -2.06. The smallest absolute Gasteiger partial charge is 0.165 e. The van der Waals surface area contributed by atoms with Gasteiger partial charge in [0.25, 0.3) is 0 Å². The van der Waals surface area contributed by atoms with Gasteiger partial charge in [-0.3, -0.25) is 5.10 Å². The summed E-state index contributed by atoms with van der Waals surface area (Å²) in [6.45, 7) is 0.701. The van der Waals surface area contributed by atoms with E-state index >= 15 is 0 Å². The first-order valence-corrected chi connectivity index (χ1v) is 6.69. The van der Waals surface area contributed by atoms with Crippen LogP contribution in [0.25, 0.3) is 11.0 Å². The van der Waals surface area contributed by atoms with Crippen LogP contribution in [0.1, 0.15) is 11.1 Å². The molecule has 3 rings (SSSR count). The Morgan fingerprint density at radius 3 is 2.55 bits per heavy atom. The standard InChI is InChI=1S/C15H15N3O4/c1-19-20-9-11-2-5-13(6-3-11)22-21-10-12-4-7-14-15(8-12)17-18-16-14/h2-8H,9-10H2,1H3,(H,16,17,18). The molecule has 1 heterocycles. The van der Waals surface area contributed by atoms with Gasteiger partial charge in [-0.15, -0.1) is 5.10 Å². The fraction of sp³-hybridized carbons (Fsp3) is 0.200. The summed E-state index contributed by atoms with van der Waals surface area (Å²) in [7, 11) is 1.47. The second-order valence-electron chi connectivity index (χ2n) is 4.58. The first-order valence-electron chi connectivity index (χ1n) is 6.69. The van der Waals surface area contributed by atoms with E-state index in [1.165, 1.54) is 7.11 Å². The molecule has 2 aromatic carbocycles. The molecule has 0 saturated heterocycles. The number of aromatic nitrogens is 3. The van der Waals surface area contributed by atoms with Gasteiger partial charge in [0.15, 0.2) is 5.75 Å². The Morgan fingerprint density at radius 2 is 1.73 bits per heavy atom. The minimum absolute atomic E-state index is 0.317. The number of hydrogen-bond donors (Lipinski definition) is 1. The number of H-pyrrole nitrogens is 1. The highest BCUT2D eigenvalue weighted by molar-refractivity contribution is 5.73. The first-order chi connectivity index (χ1) is 10.8. The lowest BCUT2D eigenvalue weighted by atomic mass is 10.2. The molecule has 3 aromatic rings. The molecule has 0 saturated carbocycles. The third-order valence-electron chi connectivity index (χ3n) is 3.04. The number of nitrogens with zero attached hydrogens (tertiary/aromatic N) is 2. The molecule has 0 aliphatic carbocycles. The van der Waals surface area contributed by atoms with Gasteiger partial charge in [0.2, 0.25) is 0 Å². The van der Waals surface area contributed by atoms with Crippen LogP contribution >= 0.6 is 0 Å². The largest absolute Gasteiger partial charge is 0.337 e. The lowest BCUT2D eigenvalue weighted by Crippen LogP contribution is -1.98. The van der Waals surface area contributed by atoms with E-state index in [0.717, 1.165) is 22.2 Å². The van der Waals surface area contributed by atoms with Crippen molar-refractivity contribution in [2.24, 2.45) is 0 Å². The number of hydrogen-bond acceptors (Lipinski definition) is 6. The van der Waals surface area contributed by atoms with Gasteiger partial charge in [0, 0.05) is 0 Å². The number of rotatable bonds is 7. The number of nitrogens with one attached hydrogen (secondary N) is 1. The first kappa shape index (κ1) is 14.5. The van der Waals surface area contributed by atoms with Crippen LogP contribution in [0.2, 0.25) is 0 Å². The van der Waals surface area contributed by atoms with Gasteiger partial charge in [-0.2, -0.15) is 4.89 Å². The molecule has 0 aliphatic rings. The second kappa shape index (κ2) is 6.99. The number of aromatic amines is 1. The maximum atomic E-state index is 5.25. The molecule has 0 radical (unpaired) electrons. The maximum absolute atomic E-state index is 5.25. The SMILES string of the molecule is COOCc1ccc(OOCc2ccc3[nH]nnc3c2)cc1. The minimum atomic E-state index is 0.317. The summed E-state index contributed by atoms with van der Waals surface area (Å²) in [5, 5.41) is 10.5. The van der Waals surface area contributed by atoms with Gasteiger partial charge in [-0.05, 0) is 35.4 Å². The molecule has 0 unspecified atom stereocenters. The molecule has 0 spiro atoms. The Bertz CT molecular complexity index is 727. The van der Waals surface area contributed by atoms with Crippen LogP contribution in [-0.2, 0) is 27.9 Å². The van der Waals surface area contributed by atoms with Crippen molar-refractivity contribution in [1.82, 2.24) is 15.4 Å². The third-order valence-corrected chi connectivity index (χ3v) is 3.04. The van der Waals surface area contributed by atoms with E-state index in [0.29, 0.717) is 19.0 Å². The van der Waals surface area contributed by atoms with E-state index in [4.69, 9.17) is 14.7 Å². The van der Waals surface area contributed by atoms with E-state index in [2.05, 4.69) is 20.3 Å². The average Bonchev–Trinajstić information content (AvgIpc) is 3.02. The van der Waals surface area contributed by atoms with E-state index in [-0.39, 0.29) is 0 Å². The zero-order chi connectivity index (χ0) is 15.2. The Balaban J connectivity index is 1.51. The summed E-state index contributed by atoms with van der Waals surface area (Å²) < 4.78 is 0. The van der Waals surface area contributed by atoms with Crippen LogP contribution in [0.3, 0.4) is 0 Å². The molecule has 0 aliphatic heterocycles. The van der Waals surface area contributed by atoms with Gasteiger partial charge in [0.05, 0.1) is 12.6 Å². The Morgan fingerprint density at radius 1 is 0.955 bits per heavy atom. The molecule has 0 bridgehead atoms. The van der Waals surface area contributed by atoms with Crippen LogP contribution in [0.5, 0.6) is 5.75 Å². The van der Waals surface area contributed by atoms with E-state index < -0.39 is 0 Å². The van der Waals surface area contributed by atoms with E-state index in [9.17, 15) is 0 Å². The van der Waals surface area contributed by atoms with Crippen LogP contribution in [0.4, 0.5) is 0 Å². The van der Waals surface area contributed by atoms with Gasteiger partial charge >= 0.3 is 0 Å². The molecule has 1 aromatic heterocycles. The number of benzene rings is 2. The summed E-state index contributed by atoms with van der Waals surface area (Å²) in [6, 6.07) is 13.1. The highest BCUT2D eigenvalue weighted by Crippen LogP contribution is 2.15. The van der Waals surface area contributed by atoms with Crippen LogP contribution in [0.15, 0.2) is 42.5 Å². The lowest BCUT2D eigenvalue weighted by molar-refractivity contribution is -0.282. The predicted molar refractivity (Wildman–Crippen MR) is 77.5 cm³/mol. The molecule has 1 N–H and O–H groups in total. The highest BCUT2D eigenvalue weighted by Gasteiger charge is 2.02. The summed E-state index contributed by atoms with van der Waals surface area (Å²) in [4.78, 5) is 19.9. The summed E-state index contributed by atoms with van der Waals surface area (Å²) >= 11 is 0. The highest BCUT2D eigenvalue weighted by atomic mass is 17.2. The third kappa shape index (κ3) is 3.59. The van der Waals surface area contributed by atoms with Crippen molar-refractivity contribution in [2.75, 3.05) is 7.11 Å². The second-order valence-corrected chi connectivity index (χ2v) is 4.58. The number of fused-ring (bicyclic) bond motifs is 1. The van der Waals surface area contributed by atoms with Crippen LogP contribution < -0.4 is 4.89 Å². The van der Waals surface area contributed by atoms with Crippen LogP contribution in [0, 0.1) is 0 Å². The fourth-order valence-corrected chi connectivity index (χ4v) is 1.91. The molecular weight excluding hydrogens is 286 g/mol. The molecule has 22 heavy (non-hydrogen) atoms. The molecule has 0 fully saturated rings. The van der Waals surface area contributed by atoms with Crippen molar-refractivity contribution in [1.29, 1.82) is 0 Å². The quantitative estimate of drug-likeness (QED) is 0.534. The molecular formula is C15H15N3O4. The van der Waals surface area contributed by atoms with Crippen molar-refractivity contribution in [3.05, 3.63) is 53.6 Å². The molecule has 0 atom stereocenters. The van der Waals surface area contributed by atoms with Gasteiger partial charge in [0.1, 0.15) is 18.7 Å². The predicted octanol–water partition coefficient (Wildman–Crippen LogP) is 2.55. The molecule has 7 heteroatoms. The zero-order valence-corrected chi connectivity index (χ0v) is 12.0. The summed E-state index contributed by atoms with van der Waals surface area (Å²) in [6.07, 6.45) is 0. The Kier molecular flexibility index (Phi) is 4.59. The van der Waals surface area contributed by atoms with Crippen molar-refractivity contribution in [3.63, 3.8) is 0 Å². The normalized spacial score (nSPS) is 11.0. The van der Waals surface area contributed by atoms with Gasteiger partial charge in [-0.25, -0.2) is 9.78 Å². The molecule has 114 valence electrons.